The minimum absolute atomic E-state index is 0.119. The molecule has 1 aliphatic heterocycles. The number of amides is 3. The number of hydrogen-bond acceptors (Lipinski definition) is 2. The van der Waals surface area contributed by atoms with Gasteiger partial charge in [0.1, 0.15) is 0 Å². The van der Waals surface area contributed by atoms with E-state index in [-0.39, 0.29) is 18.0 Å². The largest absolute Gasteiger partial charge is 0.338 e. The van der Waals surface area contributed by atoms with E-state index in [4.69, 9.17) is 0 Å². The van der Waals surface area contributed by atoms with Gasteiger partial charge in [-0.3, -0.25) is 4.79 Å². The summed E-state index contributed by atoms with van der Waals surface area (Å²) < 4.78 is 0. The summed E-state index contributed by atoms with van der Waals surface area (Å²) in [6.45, 7) is 1.89. The van der Waals surface area contributed by atoms with Crippen LogP contribution in [0.4, 0.5) is 4.79 Å². The smallest absolute Gasteiger partial charge is 0.315 e. The highest BCUT2D eigenvalue weighted by molar-refractivity contribution is 5.78. The monoisotopic (exact) mass is 427 g/mol. The Kier molecular flexibility index (Phi) is 7.18. The van der Waals surface area contributed by atoms with Crippen molar-refractivity contribution >= 4 is 11.9 Å². The van der Waals surface area contributed by atoms with Crippen molar-refractivity contribution in [3.05, 3.63) is 107 Å². The van der Waals surface area contributed by atoms with Crippen LogP contribution in [-0.4, -0.2) is 23.4 Å². The number of nitrogens with one attached hydrogen (secondary N) is 2. The Bertz CT molecular complexity index is 1040. The maximum atomic E-state index is 12.7. The highest BCUT2D eigenvalue weighted by Crippen LogP contribution is 2.19. The van der Waals surface area contributed by atoms with Gasteiger partial charge >= 0.3 is 6.03 Å². The lowest BCUT2D eigenvalue weighted by Crippen LogP contribution is -2.38. The topological polar surface area (TPSA) is 61.4 Å². The lowest BCUT2D eigenvalue weighted by Gasteiger charge is -2.20. The molecule has 0 bridgehead atoms. The molecule has 164 valence electrons. The predicted molar refractivity (Wildman–Crippen MR) is 126 cm³/mol. The summed E-state index contributed by atoms with van der Waals surface area (Å²) >= 11 is 0. The number of likely N-dealkylation sites (tertiary alicyclic amines) is 1. The van der Waals surface area contributed by atoms with Gasteiger partial charge in [0.15, 0.2) is 0 Å². The van der Waals surface area contributed by atoms with Crippen molar-refractivity contribution in [2.45, 2.75) is 38.4 Å². The third kappa shape index (κ3) is 5.97. The van der Waals surface area contributed by atoms with Crippen LogP contribution >= 0.6 is 0 Å². The van der Waals surface area contributed by atoms with E-state index in [2.05, 4.69) is 28.8 Å². The zero-order valence-corrected chi connectivity index (χ0v) is 18.2. The molecule has 0 spiro atoms. The Morgan fingerprint density at radius 3 is 2.28 bits per heavy atom. The van der Waals surface area contributed by atoms with Gasteiger partial charge in [-0.05, 0) is 35.1 Å². The quantitative estimate of drug-likeness (QED) is 0.552. The van der Waals surface area contributed by atoms with E-state index >= 15 is 0 Å². The molecular weight excluding hydrogens is 398 g/mol. The van der Waals surface area contributed by atoms with Crippen LogP contribution < -0.4 is 10.6 Å². The van der Waals surface area contributed by atoms with Gasteiger partial charge < -0.3 is 15.5 Å². The van der Waals surface area contributed by atoms with Crippen LogP contribution in [0.25, 0.3) is 0 Å². The summed E-state index contributed by atoms with van der Waals surface area (Å²) in [5, 5.41) is 6.11. The molecule has 1 heterocycles. The standard InChI is InChI=1S/C27H29N3O2/c31-26-15-8-16-30(26)20-23-12-7-11-22(17-23)19-28-27(32)29-25(24-13-5-2-6-14-24)18-21-9-3-1-4-10-21/h1-7,9-14,17,25H,8,15-16,18-20H2,(H2,28,29,32). The Labute approximate surface area is 189 Å². The summed E-state index contributed by atoms with van der Waals surface area (Å²) in [5.74, 6) is 0.221. The molecule has 0 aromatic heterocycles. The normalized spacial score (nSPS) is 14.2. The van der Waals surface area contributed by atoms with Crippen LogP contribution in [0.1, 0.15) is 41.1 Å². The van der Waals surface area contributed by atoms with Gasteiger partial charge in [-0.1, -0.05) is 84.9 Å². The Morgan fingerprint density at radius 2 is 1.56 bits per heavy atom. The van der Waals surface area contributed by atoms with Crippen molar-refractivity contribution in [1.82, 2.24) is 15.5 Å². The van der Waals surface area contributed by atoms with E-state index in [1.807, 2.05) is 71.6 Å². The molecule has 3 aromatic carbocycles. The van der Waals surface area contributed by atoms with Gasteiger partial charge in [0.25, 0.3) is 0 Å². The fourth-order valence-corrected chi connectivity index (χ4v) is 4.11. The first-order valence-corrected chi connectivity index (χ1v) is 11.2. The zero-order chi connectivity index (χ0) is 22.2. The first-order valence-electron chi connectivity index (χ1n) is 11.2. The molecular formula is C27H29N3O2. The van der Waals surface area contributed by atoms with Crippen LogP contribution in [0, 0.1) is 0 Å². The van der Waals surface area contributed by atoms with Crippen molar-refractivity contribution in [1.29, 1.82) is 0 Å². The van der Waals surface area contributed by atoms with Crippen LogP contribution in [0.3, 0.4) is 0 Å². The van der Waals surface area contributed by atoms with Crippen molar-refractivity contribution in [2.75, 3.05) is 6.54 Å². The summed E-state index contributed by atoms with van der Waals surface area (Å²) in [5.41, 5.74) is 4.35. The fraction of sp³-hybridized carbons (Fsp3) is 0.259. The molecule has 1 saturated heterocycles. The molecule has 0 aliphatic carbocycles. The summed E-state index contributed by atoms with van der Waals surface area (Å²) in [6, 6.07) is 28.0. The number of benzene rings is 3. The summed E-state index contributed by atoms with van der Waals surface area (Å²) in [7, 11) is 0. The van der Waals surface area contributed by atoms with E-state index < -0.39 is 0 Å². The molecule has 1 aliphatic rings. The average Bonchev–Trinajstić information content (AvgIpc) is 3.23. The highest BCUT2D eigenvalue weighted by Gasteiger charge is 2.20. The molecule has 2 N–H and O–H groups in total. The first-order chi connectivity index (χ1) is 15.7. The van der Waals surface area contributed by atoms with Gasteiger partial charge in [0, 0.05) is 26.1 Å². The molecule has 1 fully saturated rings. The zero-order valence-electron chi connectivity index (χ0n) is 18.2. The van der Waals surface area contributed by atoms with Gasteiger partial charge in [-0.25, -0.2) is 4.79 Å². The second kappa shape index (κ2) is 10.6. The Morgan fingerprint density at radius 1 is 0.875 bits per heavy atom. The van der Waals surface area contributed by atoms with Crippen molar-refractivity contribution in [3.63, 3.8) is 0 Å². The molecule has 3 aromatic rings. The SMILES string of the molecule is O=C(NCc1cccc(CN2CCCC2=O)c1)NC(Cc1ccccc1)c1ccccc1. The number of carbonyl (C=O) groups excluding carboxylic acids is 2. The van der Waals surface area contributed by atoms with Crippen LogP contribution in [0.5, 0.6) is 0 Å². The number of urea groups is 1. The molecule has 1 unspecified atom stereocenters. The third-order valence-corrected chi connectivity index (χ3v) is 5.78. The molecule has 5 nitrogen and oxygen atoms in total. The second-order valence-corrected chi connectivity index (χ2v) is 8.22. The maximum Gasteiger partial charge on any atom is 0.315 e. The lowest BCUT2D eigenvalue weighted by atomic mass is 9.99. The number of nitrogens with zero attached hydrogens (tertiary/aromatic N) is 1. The van der Waals surface area contributed by atoms with Crippen molar-refractivity contribution < 1.29 is 9.59 Å². The molecule has 5 heteroatoms. The van der Waals surface area contributed by atoms with Gasteiger partial charge in [-0.2, -0.15) is 0 Å². The van der Waals surface area contributed by atoms with Crippen LogP contribution in [-0.2, 0) is 24.3 Å². The maximum absolute atomic E-state index is 12.7. The van der Waals surface area contributed by atoms with E-state index in [0.29, 0.717) is 19.5 Å². The van der Waals surface area contributed by atoms with Crippen molar-refractivity contribution in [3.8, 4) is 0 Å². The first kappa shape index (κ1) is 21.6. The van der Waals surface area contributed by atoms with E-state index in [1.54, 1.807) is 0 Å². The number of carbonyl (C=O) groups is 2. The lowest BCUT2D eigenvalue weighted by molar-refractivity contribution is -0.128. The van der Waals surface area contributed by atoms with E-state index in [0.717, 1.165) is 36.1 Å². The van der Waals surface area contributed by atoms with E-state index in [9.17, 15) is 9.59 Å². The second-order valence-electron chi connectivity index (χ2n) is 8.22. The van der Waals surface area contributed by atoms with Crippen LogP contribution in [0.15, 0.2) is 84.9 Å². The minimum Gasteiger partial charge on any atom is -0.338 e. The number of hydrogen-bond donors (Lipinski definition) is 2. The molecule has 1 atom stereocenters. The molecule has 3 amide bonds. The molecule has 4 rings (SSSR count). The molecule has 32 heavy (non-hydrogen) atoms. The fourth-order valence-electron chi connectivity index (χ4n) is 4.11. The van der Waals surface area contributed by atoms with Crippen molar-refractivity contribution in [2.24, 2.45) is 0 Å². The molecule has 0 saturated carbocycles. The molecule has 0 radical (unpaired) electrons. The highest BCUT2D eigenvalue weighted by atomic mass is 16.2. The summed E-state index contributed by atoms with van der Waals surface area (Å²) in [4.78, 5) is 26.5. The third-order valence-electron chi connectivity index (χ3n) is 5.78. The Balaban J connectivity index is 1.36. The predicted octanol–water partition coefficient (Wildman–Crippen LogP) is 4.59. The average molecular weight is 428 g/mol. The van der Waals surface area contributed by atoms with E-state index in [1.165, 1.54) is 5.56 Å². The summed E-state index contributed by atoms with van der Waals surface area (Å²) in [6.07, 6.45) is 2.30. The number of rotatable bonds is 8. The van der Waals surface area contributed by atoms with Gasteiger partial charge in [-0.15, -0.1) is 0 Å². The van der Waals surface area contributed by atoms with Gasteiger partial charge in [0.2, 0.25) is 5.91 Å². The van der Waals surface area contributed by atoms with Crippen LogP contribution in [0.2, 0.25) is 0 Å². The van der Waals surface area contributed by atoms with Gasteiger partial charge in [0.05, 0.1) is 6.04 Å². The Hall–Kier alpha value is -3.60. The minimum atomic E-state index is -0.199.